The van der Waals surface area contributed by atoms with Gasteiger partial charge in [-0.3, -0.25) is 0 Å². The molecule has 0 aliphatic heterocycles. The molecule has 0 radical (unpaired) electrons. The molecule has 0 spiro atoms. The number of hydrogen-bond donors (Lipinski definition) is 1. The Labute approximate surface area is 130 Å². The van der Waals surface area contributed by atoms with Gasteiger partial charge in [-0.15, -0.1) is 0 Å². The van der Waals surface area contributed by atoms with E-state index in [2.05, 4.69) is 15.9 Å². The summed E-state index contributed by atoms with van der Waals surface area (Å²) in [7, 11) is 0. The molecule has 20 heavy (non-hydrogen) atoms. The maximum Gasteiger partial charge on any atom is 0.138 e. The predicted octanol–water partition coefficient (Wildman–Crippen LogP) is 4.32. The Bertz CT molecular complexity index is 606. The summed E-state index contributed by atoms with van der Waals surface area (Å²) in [6.07, 6.45) is 0.764. The third-order valence-electron chi connectivity index (χ3n) is 2.82. The van der Waals surface area contributed by atoms with Crippen LogP contribution in [0.5, 0.6) is 5.75 Å². The highest BCUT2D eigenvalue weighted by Gasteiger charge is 2.07. The van der Waals surface area contributed by atoms with Gasteiger partial charge >= 0.3 is 0 Å². The summed E-state index contributed by atoms with van der Waals surface area (Å²) in [5.74, 6) is 0.232. The Kier molecular flexibility index (Phi) is 5.40. The number of hydrogen-bond acceptors (Lipinski definition) is 2. The third-order valence-corrected chi connectivity index (χ3v) is 3.61. The van der Waals surface area contributed by atoms with Gasteiger partial charge in [-0.25, -0.2) is 4.39 Å². The van der Waals surface area contributed by atoms with E-state index < -0.39 is 0 Å². The molecule has 2 N–H and O–H groups in total. The zero-order valence-electron chi connectivity index (χ0n) is 10.7. The molecule has 0 amide bonds. The maximum atomic E-state index is 13.6. The first kappa shape index (κ1) is 15.3. The van der Waals surface area contributed by atoms with Crippen LogP contribution in [0.4, 0.5) is 4.39 Å². The smallest absolute Gasteiger partial charge is 0.138 e. The molecular formula is C15H14BrClFNO. The minimum atomic E-state index is -0.302. The van der Waals surface area contributed by atoms with E-state index in [9.17, 15) is 4.39 Å². The SMILES string of the molecule is NCCc1ccc(OCc2cc(Br)ccc2F)c(Cl)c1. The van der Waals surface area contributed by atoms with Gasteiger partial charge in [0, 0.05) is 10.0 Å². The highest BCUT2D eigenvalue weighted by molar-refractivity contribution is 9.10. The van der Waals surface area contributed by atoms with E-state index in [0.29, 0.717) is 22.9 Å². The summed E-state index contributed by atoms with van der Waals surface area (Å²) < 4.78 is 20.0. The lowest BCUT2D eigenvalue weighted by Crippen LogP contribution is -2.03. The second-order valence-corrected chi connectivity index (χ2v) is 5.65. The minimum absolute atomic E-state index is 0.126. The Morgan fingerprint density at radius 1 is 1.20 bits per heavy atom. The highest BCUT2D eigenvalue weighted by Crippen LogP contribution is 2.27. The van der Waals surface area contributed by atoms with Gasteiger partial charge in [0.2, 0.25) is 0 Å². The molecule has 106 valence electrons. The van der Waals surface area contributed by atoms with Crippen molar-refractivity contribution in [3.05, 3.63) is 62.8 Å². The second kappa shape index (κ2) is 7.07. The third kappa shape index (κ3) is 3.95. The Morgan fingerprint density at radius 2 is 2.00 bits per heavy atom. The molecule has 2 aromatic rings. The molecule has 0 atom stereocenters. The summed E-state index contributed by atoms with van der Waals surface area (Å²) >= 11 is 9.44. The highest BCUT2D eigenvalue weighted by atomic mass is 79.9. The van der Waals surface area contributed by atoms with Crippen molar-refractivity contribution >= 4 is 27.5 Å². The van der Waals surface area contributed by atoms with Gasteiger partial charge in [0.15, 0.2) is 0 Å². The van der Waals surface area contributed by atoms with Crippen LogP contribution in [0.15, 0.2) is 40.9 Å². The Hall–Kier alpha value is -1.10. The molecule has 0 bridgehead atoms. The molecule has 2 rings (SSSR count). The van der Waals surface area contributed by atoms with Crippen LogP contribution < -0.4 is 10.5 Å². The fourth-order valence-electron chi connectivity index (χ4n) is 1.79. The van der Waals surface area contributed by atoms with Crippen LogP contribution in [0.25, 0.3) is 0 Å². The van der Waals surface area contributed by atoms with E-state index in [0.717, 1.165) is 16.5 Å². The zero-order valence-corrected chi connectivity index (χ0v) is 13.0. The van der Waals surface area contributed by atoms with Gasteiger partial charge in [-0.2, -0.15) is 0 Å². The second-order valence-electron chi connectivity index (χ2n) is 4.33. The molecule has 0 aromatic heterocycles. The van der Waals surface area contributed by atoms with Crippen LogP contribution in [0.3, 0.4) is 0 Å². The Balaban J connectivity index is 2.09. The normalized spacial score (nSPS) is 10.6. The van der Waals surface area contributed by atoms with Crippen molar-refractivity contribution in [2.75, 3.05) is 6.54 Å². The van der Waals surface area contributed by atoms with E-state index in [4.69, 9.17) is 22.1 Å². The lowest BCUT2D eigenvalue weighted by Gasteiger charge is -2.10. The largest absolute Gasteiger partial charge is 0.487 e. The quantitative estimate of drug-likeness (QED) is 0.864. The van der Waals surface area contributed by atoms with Gasteiger partial charge < -0.3 is 10.5 Å². The van der Waals surface area contributed by atoms with Gasteiger partial charge in [0.1, 0.15) is 18.2 Å². The lowest BCUT2D eigenvalue weighted by molar-refractivity contribution is 0.300. The van der Waals surface area contributed by atoms with Crippen LogP contribution in [-0.2, 0) is 13.0 Å². The monoisotopic (exact) mass is 357 g/mol. The summed E-state index contributed by atoms with van der Waals surface area (Å²) in [6, 6.07) is 10.2. The number of rotatable bonds is 5. The molecule has 0 heterocycles. The van der Waals surface area contributed by atoms with E-state index in [1.54, 1.807) is 18.2 Å². The summed E-state index contributed by atoms with van der Waals surface area (Å²) in [6.45, 7) is 0.695. The maximum absolute atomic E-state index is 13.6. The van der Waals surface area contributed by atoms with Crippen LogP contribution in [0.2, 0.25) is 5.02 Å². The number of nitrogens with two attached hydrogens (primary N) is 1. The standard InChI is InChI=1S/C15H14BrClFNO/c16-12-2-3-14(18)11(8-12)9-20-15-4-1-10(5-6-19)7-13(15)17/h1-4,7-8H,5-6,9,19H2. The molecule has 5 heteroatoms. The van der Waals surface area contributed by atoms with Crippen LogP contribution in [0.1, 0.15) is 11.1 Å². The summed E-state index contributed by atoms with van der Waals surface area (Å²) in [4.78, 5) is 0. The summed E-state index contributed by atoms with van der Waals surface area (Å²) in [5, 5.41) is 0.506. The first-order chi connectivity index (χ1) is 9.60. The van der Waals surface area contributed by atoms with Crippen molar-refractivity contribution in [3.63, 3.8) is 0 Å². The van der Waals surface area contributed by atoms with E-state index in [1.807, 2.05) is 12.1 Å². The van der Waals surface area contributed by atoms with Crippen LogP contribution >= 0.6 is 27.5 Å². The van der Waals surface area contributed by atoms with Crippen molar-refractivity contribution in [2.24, 2.45) is 5.73 Å². The van der Waals surface area contributed by atoms with Gasteiger partial charge in [0.25, 0.3) is 0 Å². The topological polar surface area (TPSA) is 35.2 Å². The predicted molar refractivity (Wildman–Crippen MR) is 82.6 cm³/mol. The first-order valence-corrected chi connectivity index (χ1v) is 7.32. The summed E-state index contributed by atoms with van der Waals surface area (Å²) in [5.41, 5.74) is 7.02. The number of ether oxygens (including phenoxy) is 1. The van der Waals surface area contributed by atoms with Gasteiger partial charge in [-0.1, -0.05) is 33.6 Å². The average Bonchev–Trinajstić information content (AvgIpc) is 2.42. The fourth-order valence-corrected chi connectivity index (χ4v) is 2.46. The minimum Gasteiger partial charge on any atom is -0.487 e. The molecule has 2 nitrogen and oxygen atoms in total. The van der Waals surface area contributed by atoms with Crippen LogP contribution in [0, 0.1) is 5.82 Å². The number of benzene rings is 2. The van der Waals surface area contributed by atoms with Crippen molar-refractivity contribution < 1.29 is 9.13 Å². The molecule has 2 aromatic carbocycles. The average molecular weight is 359 g/mol. The van der Waals surface area contributed by atoms with Crippen molar-refractivity contribution in [2.45, 2.75) is 13.0 Å². The fraction of sp³-hybridized carbons (Fsp3) is 0.200. The van der Waals surface area contributed by atoms with Crippen LogP contribution in [-0.4, -0.2) is 6.54 Å². The van der Waals surface area contributed by atoms with Crippen molar-refractivity contribution in [1.29, 1.82) is 0 Å². The van der Waals surface area contributed by atoms with E-state index in [1.165, 1.54) is 6.07 Å². The zero-order chi connectivity index (χ0) is 14.5. The molecular weight excluding hydrogens is 345 g/mol. The molecule has 0 aliphatic rings. The first-order valence-electron chi connectivity index (χ1n) is 6.15. The van der Waals surface area contributed by atoms with Gasteiger partial charge in [-0.05, 0) is 48.9 Å². The number of halogens is 3. The van der Waals surface area contributed by atoms with Gasteiger partial charge in [0.05, 0.1) is 5.02 Å². The molecule has 0 fully saturated rings. The van der Waals surface area contributed by atoms with Crippen molar-refractivity contribution in [1.82, 2.24) is 0 Å². The molecule has 0 saturated carbocycles. The van der Waals surface area contributed by atoms with E-state index >= 15 is 0 Å². The lowest BCUT2D eigenvalue weighted by atomic mass is 10.1. The Morgan fingerprint density at radius 3 is 2.70 bits per heavy atom. The van der Waals surface area contributed by atoms with E-state index in [-0.39, 0.29) is 12.4 Å². The molecule has 0 aliphatic carbocycles. The van der Waals surface area contributed by atoms with Crippen molar-refractivity contribution in [3.8, 4) is 5.75 Å². The molecule has 0 saturated heterocycles. The molecule has 0 unspecified atom stereocenters.